The van der Waals surface area contributed by atoms with Crippen LogP contribution in [0, 0.1) is 0 Å². The molecule has 2 heterocycles. The maximum absolute atomic E-state index is 12.9. The SMILES string of the molecule is COc1ccc(CCNC(=O)c2cccnc2N2CCN(C(=O)COC(C)=O)CC2)cc1OC. The highest BCUT2D eigenvalue weighted by Gasteiger charge is 2.25. The standard InChI is InChI=1S/C24H30N4O6/c1-17(29)34-16-22(30)27-11-13-28(14-12-27)23-19(5-4-9-25-23)24(31)26-10-8-18-6-7-20(32-2)21(15-18)33-3/h4-7,9,15H,8,10-14,16H2,1-3H3,(H,26,31). The van der Waals surface area contributed by atoms with Crippen molar-refractivity contribution in [2.75, 3.05) is 58.5 Å². The zero-order valence-electron chi connectivity index (χ0n) is 19.7. The molecule has 1 aliphatic rings. The minimum Gasteiger partial charge on any atom is -0.493 e. The molecule has 0 unspecified atom stereocenters. The predicted molar refractivity (Wildman–Crippen MR) is 125 cm³/mol. The summed E-state index contributed by atoms with van der Waals surface area (Å²) in [6.07, 6.45) is 2.28. The van der Waals surface area contributed by atoms with Gasteiger partial charge in [0.2, 0.25) is 0 Å². The Labute approximate surface area is 198 Å². The molecule has 0 bridgehead atoms. The Kier molecular flexibility index (Phi) is 8.66. The largest absolute Gasteiger partial charge is 0.493 e. The van der Waals surface area contributed by atoms with Crippen molar-refractivity contribution in [3.8, 4) is 11.5 Å². The number of hydrogen-bond acceptors (Lipinski definition) is 8. The van der Waals surface area contributed by atoms with Gasteiger partial charge in [0.15, 0.2) is 18.1 Å². The van der Waals surface area contributed by atoms with Crippen molar-refractivity contribution in [1.29, 1.82) is 0 Å². The van der Waals surface area contributed by atoms with Crippen LogP contribution in [-0.4, -0.2) is 81.2 Å². The van der Waals surface area contributed by atoms with E-state index in [9.17, 15) is 14.4 Å². The van der Waals surface area contributed by atoms with E-state index in [-0.39, 0.29) is 18.4 Å². The average Bonchev–Trinajstić information content (AvgIpc) is 2.87. The highest BCUT2D eigenvalue weighted by molar-refractivity contribution is 5.99. The number of piperazine rings is 1. The van der Waals surface area contributed by atoms with E-state index in [1.807, 2.05) is 23.1 Å². The van der Waals surface area contributed by atoms with E-state index in [1.165, 1.54) is 6.92 Å². The molecule has 1 aromatic carbocycles. The summed E-state index contributed by atoms with van der Waals surface area (Å²) in [6.45, 7) is 3.41. The van der Waals surface area contributed by atoms with Crippen molar-refractivity contribution in [2.24, 2.45) is 0 Å². The molecule has 1 fully saturated rings. The molecule has 10 heteroatoms. The number of aromatic nitrogens is 1. The van der Waals surface area contributed by atoms with Crippen molar-refractivity contribution in [2.45, 2.75) is 13.3 Å². The van der Waals surface area contributed by atoms with Crippen LogP contribution in [0.25, 0.3) is 0 Å². The van der Waals surface area contributed by atoms with E-state index in [2.05, 4.69) is 10.3 Å². The first-order valence-electron chi connectivity index (χ1n) is 11.0. The second kappa shape index (κ2) is 11.9. The molecule has 34 heavy (non-hydrogen) atoms. The second-order valence-corrected chi connectivity index (χ2v) is 7.72. The van der Waals surface area contributed by atoms with Crippen LogP contribution in [0.2, 0.25) is 0 Å². The first-order chi connectivity index (χ1) is 16.4. The molecule has 0 aliphatic carbocycles. The minimum absolute atomic E-state index is 0.211. The van der Waals surface area contributed by atoms with E-state index in [0.717, 1.165) is 5.56 Å². The fraction of sp³-hybridized carbons (Fsp3) is 0.417. The zero-order chi connectivity index (χ0) is 24.5. The number of anilines is 1. The maximum atomic E-state index is 12.9. The van der Waals surface area contributed by atoms with Crippen molar-refractivity contribution >= 4 is 23.6 Å². The highest BCUT2D eigenvalue weighted by Crippen LogP contribution is 2.27. The van der Waals surface area contributed by atoms with Crippen LogP contribution in [0.15, 0.2) is 36.5 Å². The number of pyridine rings is 1. The molecule has 1 N–H and O–H groups in total. The number of carbonyl (C=O) groups is 3. The van der Waals surface area contributed by atoms with Gasteiger partial charge in [0.25, 0.3) is 11.8 Å². The van der Waals surface area contributed by atoms with Gasteiger partial charge in [0.05, 0.1) is 19.8 Å². The van der Waals surface area contributed by atoms with E-state index in [0.29, 0.717) is 62.0 Å². The van der Waals surface area contributed by atoms with E-state index in [1.54, 1.807) is 37.4 Å². The topological polar surface area (TPSA) is 110 Å². The van der Waals surface area contributed by atoms with Crippen LogP contribution in [0.1, 0.15) is 22.8 Å². The van der Waals surface area contributed by atoms with Gasteiger partial charge in [-0.1, -0.05) is 6.07 Å². The van der Waals surface area contributed by atoms with Crippen molar-refractivity contribution in [1.82, 2.24) is 15.2 Å². The quantitative estimate of drug-likeness (QED) is 0.546. The summed E-state index contributed by atoms with van der Waals surface area (Å²) in [5.41, 5.74) is 1.49. The Balaban J connectivity index is 1.56. The number of nitrogens with one attached hydrogen (secondary N) is 1. The average molecular weight is 471 g/mol. The molecular weight excluding hydrogens is 440 g/mol. The second-order valence-electron chi connectivity index (χ2n) is 7.72. The molecule has 0 radical (unpaired) electrons. The number of hydrogen-bond donors (Lipinski definition) is 1. The third kappa shape index (κ3) is 6.37. The third-order valence-electron chi connectivity index (χ3n) is 5.51. The molecule has 1 saturated heterocycles. The zero-order valence-corrected chi connectivity index (χ0v) is 19.7. The van der Waals surface area contributed by atoms with Crippen LogP contribution in [0.3, 0.4) is 0 Å². The van der Waals surface area contributed by atoms with Gasteiger partial charge in [-0.3, -0.25) is 14.4 Å². The van der Waals surface area contributed by atoms with Gasteiger partial charge in [0, 0.05) is 45.8 Å². The van der Waals surface area contributed by atoms with Crippen molar-refractivity contribution in [3.63, 3.8) is 0 Å². The summed E-state index contributed by atoms with van der Waals surface area (Å²) < 4.78 is 15.4. The lowest BCUT2D eigenvalue weighted by Crippen LogP contribution is -2.50. The molecule has 2 aromatic rings. The molecule has 3 rings (SSSR count). The van der Waals surface area contributed by atoms with Crippen LogP contribution < -0.4 is 19.7 Å². The molecule has 0 spiro atoms. The van der Waals surface area contributed by atoms with Crippen LogP contribution in [-0.2, 0) is 20.7 Å². The lowest BCUT2D eigenvalue weighted by molar-refractivity contribution is -0.150. The first kappa shape index (κ1) is 24.8. The fourth-order valence-electron chi connectivity index (χ4n) is 3.70. The number of benzene rings is 1. The summed E-state index contributed by atoms with van der Waals surface area (Å²) in [5, 5.41) is 2.96. The summed E-state index contributed by atoms with van der Waals surface area (Å²) >= 11 is 0. The molecule has 2 amide bonds. The Morgan fingerprint density at radius 1 is 1.03 bits per heavy atom. The molecule has 1 aliphatic heterocycles. The van der Waals surface area contributed by atoms with Crippen molar-refractivity contribution < 1.29 is 28.6 Å². The Hall–Kier alpha value is -3.82. The lowest BCUT2D eigenvalue weighted by Gasteiger charge is -2.35. The molecule has 1 aromatic heterocycles. The van der Waals surface area contributed by atoms with Gasteiger partial charge >= 0.3 is 5.97 Å². The van der Waals surface area contributed by atoms with Crippen LogP contribution in [0.4, 0.5) is 5.82 Å². The van der Waals surface area contributed by atoms with Gasteiger partial charge in [0.1, 0.15) is 5.82 Å². The number of rotatable bonds is 9. The fourth-order valence-corrected chi connectivity index (χ4v) is 3.70. The maximum Gasteiger partial charge on any atom is 0.303 e. The lowest BCUT2D eigenvalue weighted by atomic mass is 10.1. The molecule has 0 atom stereocenters. The number of methoxy groups -OCH3 is 2. The number of amides is 2. The summed E-state index contributed by atoms with van der Waals surface area (Å²) in [4.78, 5) is 44.0. The van der Waals surface area contributed by atoms with E-state index in [4.69, 9.17) is 14.2 Å². The number of esters is 1. The molecule has 182 valence electrons. The highest BCUT2D eigenvalue weighted by atomic mass is 16.5. The van der Waals surface area contributed by atoms with Gasteiger partial charge in [-0.25, -0.2) is 4.98 Å². The number of carbonyl (C=O) groups excluding carboxylic acids is 3. The van der Waals surface area contributed by atoms with Gasteiger partial charge in [-0.15, -0.1) is 0 Å². The monoisotopic (exact) mass is 470 g/mol. The Bertz CT molecular complexity index is 1020. The van der Waals surface area contributed by atoms with Gasteiger partial charge in [-0.2, -0.15) is 0 Å². The Morgan fingerprint density at radius 2 is 1.76 bits per heavy atom. The molecular formula is C24H30N4O6. The first-order valence-corrected chi connectivity index (χ1v) is 11.0. The predicted octanol–water partition coefficient (Wildman–Crippen LogP) is 1.28. The van der Waals surface area contributed by atoms with E-state index < -0.39 is 5.97 Å². The minimum atomic E-state index is -0.484. The smallest absolute Gasteiger partial charge is 0.303 e. The normalized spacial score (nSPS) is 13.3. The summed E-state index contributed by atoms with van der Waals surface area (Å²) in [6, 6.07) is 9.14. The number of nitrogens with zero attached hydrogens (tertiary/aromatic N) is 3. The molecule has 0 saturated carbocycles. The van der Waals surface area contributed by atoms with Gasteiger partial charge in [-0.05, 0) is 36.2 Å². The summed E-state index contributed by atoms with van der Waals surface area (Å²) in [5.74, 6) is 0.955. The Morgan fingerprint density at radius 3 is 2.44 bits per heavy atom. The van der Waals surface area contributed by atoms with Crippen LogP contribution >= 0.6 is 0 Å². The third-order valence-corrected chi connectivity index (χ3v) is 5.51. The van der Waals surface area contributed by atoms with Crippen LogP contribution in [0.5, 0.6) is 11.5 Å². The number of ether oxygens (including phenoxy) is 3. The van der Waals surface area contributed by atoms with Crippen molar-refractivity contribution in [3.05, 3.63) is 47.7 Å². The molecule has 10 nitrogen and oxygen atoms in total. The van der Waals surface area contributed by atoms with E-state index >= 15 is 0 Å². The van der Waals surface area contributed by atoms with Gasteiger partial charge < -0.3 is 29.3 Å². The summed E-state index contributed by atoms with van der Waals surface area (Å²) in [7, 11) is 3.17.